The highest BCUT2D eigenvalue weighted by molar-refractivity contribution is 5.97. The molecule has 350 valence electrons. The average Bonchev–Trinajstić information content (AvgIpc) is 4.34. The number of carbonyl (C=O) groups is 6. The summed E-state index contributed by atoms with van der Waals surface area (Å²) in [7, 11) is 0. The highest BCUT2D eigenvalue weighted by atomic mass is 16.2. The molecule has 12 heteroatoms. The number of carbonyl (C=O) groups excluding carboxylic acids is 6. The molecule has 9 fully saturated rings. The third kappa shape index (κ3) is 7.97. The van der Waals surface area contributed by atoms with Crippen LogP contribution in [0.4, 0.5) is 0 Å². The van der Waals surface area contributed by atoms with Crippen molar-refractivity contribution in [1.29, 1.82) is 0 Å². The summed E-state index contributed by atoms with van der Waals surface area (Å²) in [5.74, 6) is -2.81. The normalized spacial score (nSPS) is 35.6. The summed E-state index contributed by atoms with van der Waals surface area (Å²) in [6.07, 6.45) is 5.18. The van der Waals surface area contributed by atoms with E-state index in [-0.39, 0.29) is 109 Å². The van der Waals surface area contributed by atoms with E-state index in [1.165, 1.54) is 22.3 Å². The molecule has 2 bridgehead atoms. The van der Waals surface area contributed by atoms with Gasteiger partial charge in [-0.3, -0.25) is 28.8 Å². The lowest BCUT2D eigenvalue weighted by Gasteiger charge is -2.47. The number of hydrogen-bond acceptors (Lipinski definition) is 6. The molecule has 2 unspecified atom stereocenters. The van der Waals surface area contributed by atoms with Gasteiger partial charge < -0.3 is 31.1 Å². The summed E-state index contributed by atoms with van der Waals surface area (Å²) in [5.41, 5.74) is 3.20. The molecule has 4 N–H and O–H groups in total. The van der Waals surface area contributed by atoms with Gasteiger partial charge in [0.2, 0.25) is 35.4 Å². The number of benzene rings is 4. The van der Waals surface area contributed by atoms with Gasteiger partial charge >= 0.3 is 0 Å². The van der Waals surface area contributed by atoms with E-state index < -0.39 is 34.5 Å². The molecule has 2 saturated heterocycles. The van der Waals surface area contributed by atoms with Crippen LogP contribution < -0.4 is 21.3 Å². The number of hydrogen-bond donors (Lipinski definition) is 4. The summed E-state index contributed by atoms with van der Waals surface area (Å²) in [4.78, 5) is 89.6. The Morgan fingerprint density at radius 1 is 0.368 bits per heavy atom. The van der Waals surface area contributed by atoms with Crippen LogP contribution in [0, 0.1) is 34.5 Å². The van der Waals surface area contributed by atoms with Crippen LogP contribution >= 0.6 is 0 Å². The van der Waals surface area contributed by atoms with Crippen molar-refractivity contribution < 1.29 is 28.8 Å². The van der Waals surface area contributed by atoms with Gasteiger partial charge in [-0.25, -0.2) is 0 Å². The van der Waals surface area contributed by atoms with Gasteiger partial charge in [0, 0.05) is 74.0 Å². The number of amides is 6. The van der Waals surface area contributed by atoms with E-state index in [9.17, 15) is 28.8 Å². The van der Waals surface area contributed by atoms with Crippen LogP contribution in [0.5, 0.6) is 0 Å². The minimum atomic E-state index is -0.754. The van der Waals surface area contributed by atoms with Crippen LogP contribution in [0.2, 0.25) is 0 Å². The predicted octanol–water partition coefficient (Wildman–Crippen LogP) is 5.39. The van der Waals surface area contributed by atoms with Crippen molar-refractivity contribution in [2.24, 2.45) is 34.5 Å². The fraction of sp³-hybridized carbons (Fsp3) is 0.464. The molecule has 4 aromatic rings. The van der Waals surface area contributed by atoms with Gasteiger partial charge in [0.15, 0.2) is 0 Å². The second kappa shape index (κ2) is 16.7. The highest BCUT2D eigenvalue weighted by Crippen LogP contribution is 2.68. The first-order valence-corrected chi connectivity index (χ1v) is 25.1. The molecule has 4 aromatic carbocycles. The Morgan fingerprint density at radius 2 is 0.603 bits per heavy atom. The number of fused-ring (bicyclic) bond motifs is 1. The average molecular weight is 913 g/mol. The SMILES string of the molecule is O=C(NC1CC1c1ccccc1)[C@@H]1CN(C(=O)C23CCC(C(=O)N4C[C@@H](C(=O)N[C@H]5C[C@@H]5c5ccccc5)[C@H](C(=O)N[C@H]5C[C@@H]5c5ccccc5)C4)(C2)C3)C[C@H]1C(=O)N[C@H]1C[C@@H]1c1ccccc1. The quantitative estimate of drug-likeness (QED) is 0.133. The predicted molar refractivity (Wildman–Crippen MR) is 253 cm³/mol. The van der Waals surface area contributed by atoms with Crippen LogP contribution in [-0.2, 0) is 28.8 Å². The molecule has 2 heterocycles. The Balaban J connectivity index is 0.716. The Kier molecular flexibility index (Phi) is 10.6. The van der Waals surface area contributed by atoms with Crippen LogP contribution in [0.3, 0.4) is 0 Å². The molecule has 12 nitrogen and oxygen atoms in total. The summed E-state index contributed by atoms with van der Waals surface area (Å²) in [6, 6.07) is 40.5. The minimum Gasteiger partial charge on any atom is -0.352 e. The Morgan fingerprint density at radius 3 is 0.838 bits per heavy atom. The summed E-state index contributed by atoms with van der Waals surface area (Å²) < 4.78 is 0. The standard InChI is InChI=1S/C56H60N6O6/c63-49(57-45-23-37(45)33-13-5-1-6-14-33)41-27-61(28-42(41)50(64)58-46-24-38(46)34-15-7-2-8-16-34)53(67)55-21-22-56(31-55,32-55)54(68)62-29-43(51(65)59-47-25-39(47)35-17-9-3-10-18-35)44(30-62)52(66)60-48-26-40(48)36-19-11-4-12-20-36/h1-20,37-48H,21-32H2,(H,57,63)(H,58,64)(H,59,65)(H,60,66)/t37-,38-,39-,40?,41-,42-,43-,44-,45+,46+,47+,48?,55?,56?/m1/s1. The van der Waals surface area contributed by atoms with Crippen molar-refractivity contribution in [3.63, 3.8) is 0 Å². The molecule has 13 rings (SSSR count). The monoisotopic (exact) mass is 912 g/mol. The molecular weight excluding hydrogens is 853 g/mol. The molecule has 0 radical (unpaired) electrons. The molecule has 0 spiro atoms. The van der Waals surface area contributed by atoms with Crippen molar-refractivity contribution >= 4 is 35.4 Å². The zero-order valence-electron chi connectivity index (χ0n) is 38.3. The van der Waals surface area contributed by atoms with E-state index >= 15 is 0 Å². The van der Waals surface area contributed by atoms with Gasteiger partial charge in [-0.1, -0.05) is 121 Å². The van der Waals surface area contributed by atoms with Crippen molar-refractivity contribution in [3.05, 3.63) is 144 Å². The smallest absolute Gasteiger partial charge is 0.228 e. The van der Waals surface area contributed by atoms with Gasteiger partial charge in [0.1, 0.15) is 0 Å². The lowest BCUT2D eigenvalue weighted by Crippen LogP contribution is -2.55. The van der Waals surface area contributed by atoms with E-state index in [0.717, 1.165) is 25.7 Å². The molecule has 2 aliphatic heterocycles. The van der Waals surface area contributed by atoms with E-state index in [1.807, 2.05) is 72.8 Å². The molecular formula is C56H60N6O6. The van der Waals surface area contributed by atoms with Crippen LogP contribution in [0.25, 0.3) is 0 Å². The molecule has 7 saturated carbocycles. The number of likely N-dealkylation sites (tertiary alicyclic amines) is 2. The maximum atomic E-state index is 14.8. The van der Waals surface area contributed by atoms with Gasteiger partial charge in [-0.2, -0.15) is 0 Å². The molecule has 7 aliphatic carbocycles. The second-order valence-electron chi connectivity index (χ2n) is 21.7. The van der Waals surface area contributed by atoms with Crippen molar-refractivity contribution in [2.75, 3.05) is 26.2 Å². The number of nitrogens with zero attached hydrogens (tertiary/aromatic N) is 2. The molecule has 6 amide bonds. The fourth-order valence-electron chi connectivity index (χ4n) is 13.1. The first-order chi connectivity index (χ1) is 33.1. The zero-order valence-corrected chi connectivity index (χ0v) is 38.3. The molecule has 9 aliphatic rings. The summed E-state index contributed by atoms with van der Waals surface area (Å²) in [6.45, 7) is 0.607. The van der Waals surface area contributed by atoms with E-state index in [1.54, 1.807) is 9.80 Å². The maximum absolute atomic E-state index is 14.8. The van der Waals surface area contributed by atoms with Gasteiger partial charge in [-0.15, -0.1) is 0 Å². The van der Waals surface area contributed by atoms with Crippen molar-refractivity contribution in [3.8, 4) is 0 Å². The van der Waals surface area contributed by atoms with Crippen molar-refractivity contribution in [1.82, 2.24) is 31.1 Å². The topological polar surface area (TPSA) is 157 Å². The fourth-order valence-corrected chi connectivity index (χ4v) is 13.1. The Hall–Kier alpha value is -6.30. The maximum Gasteiger partial charge on any atom is 0.228 e. The largest absolute Gasteiger partial charge is 0.352 e. The number of nitrogens with one attached hydrogen (secondary N) is 4. The van der Waals surface area contributed by atoms with E-state index in [4.69, 9.17) is 0 Å². The first-order valence-electron chi connectivity index (χ1n) is 25.1. The van der Waals surface area contributed by atoms with Crippen LogP contribution in [0.1, 0.15) is 97.3 Å². The lowest BCUT2D eigenvalue weighted by molar-refractivity contribution is -0.159. The minimum absolute atomic E-state index is 0.0160. The first kappa shape index (κ1) is 43.0. The van der Waals surface area contributed by atoms with Crippen LogP contribution in [-0.4, -0.2) is 95.6 Å². The third-order valence-corrected chi connectivity index (χ3v) is 17.3. The highest BCUT2D eigenvalue weighted by Gasteiger charge is 2.70. The molecule has 0 aromatic heterocycles. The van der Waals surface area contributed by atoms with Crippen molar-refractivity contribution in [2.45, 2.75) is 99.2 Å². The Bertz CT molecular complexity index is 2290. The molecule has 12 atom stereocenters. The zero-order chi connectivity index (χ0) is 46.3. The third-order valence-electron chi connectivity index (χ3n) is 17.3. The van der Waals surface area contributed by atoms with Gasteiger partial charge in [0.05, 0.1) is 34.5 Å². The summed E-state index contributed by atoms with van der Waals surface area (Å²) in [5, 5.41) is 13.0. The Labute approximate surface area is 397 Å². The van der Waals surface area contributed by atoms with Gasteiger partial charge in [0.25, 0.3) is 0 Å². The summed E-state index contributed by atoms with van der Waals surface area (Å²) >= 11 is 0. The lowest BCUT2D eigenvalue weighted by atomic mass is 9.59. The van der Waals surface area contributed by atoms with E-state index in [0.29, 0.717) is 25.7 Å². The second-order valence-corrected chi connectivity index (χ2v) is 21.7. The van der Waals surface area contributed by atoms with Gasteiger partial charge in [-0.05, 0) is 73.6 Å². The molecule has 68 heavy (non-hydrogen) atoms. The number of rotatable bonds is 14. The van der Waals surface area contributed by atoms with E-state index in [2.05, 4.69) is 69.8 Å². The van der Waals surface area contributed by atoms with Crippen LogP contribution in [0.15, 0.2) is 121 Å².